The molecule has 0 fully saturated rings. The molecule has 0 aliphatic carbocycles. The number of hydrogen-bond acceptors (Lipinski definition) is 3. The van der Waals surface area contributed by atoms with Crippen molar-refractivity contribution >= 4 is 28.6 Å². The second-order valence-electron chi connectivity index (χ2n) is 3.21. The van der Waals surface area contributed by atoms with E-state index >= 15 is 0 Å². The standard InChI is InChI=1S/C9H18OS2/c1-7(2)11-6-5-9(10)12-8(3)4/h7-8H,5-6H2,1-4H3. The first-order valence-corrected chi connectivity index (χ1v) is 6.26. The first-order chi connectivity index (χ1) is 5.52. The van der Waals surface area contributed by atoms with E-state index in [4.69, 9.17) is 0 Å². The molecule has 0 rings (SSSR count). The number of carbonyl (C=O) groups excluding carboxylic acids is 1. The third-order valence-electron chi connectivity index (χ3n) is 1.12. The molecule has 0 aromatic rings. The first-order valence-electron chi connectivity index (χ1n) is 4.33. The lowest BCUT2D eigenvalue weighted by Gasteiger charge is -2.05. The Morgan fingerprint density at radius 3 is 2.17 bits per heavy atom. The maximum absolute atomic E-state index is 11.2. The quantitative estimate of drug-likeness (QED) is 0.687. The molecule has 0 spiro atoms. The van der Waals surface area contributed by atoms with Gasteiger partial charge in [-0.3, -0.25) is 4.79 Å². The topological polar surface area (TPSA) is 17.1 Å². The van der Waals surface area contributed by atoms with Crippen LogP contribution in [0.15, 0.2) is 0 Å². The Balaban J connectivity index is 3.32. The average molecular weight is 206 g/mol. The SMILES string of the molecule is CC(C)SCCC(=O)SC(C)C. The van der Waals surface area contributed by atoms with Crippen LogP contribution in [0.4, 0.5) is 0 Å². The first kappa shape index (κ1) is 12.4. The minimum absolute atomic E-state index is 0.332. The van der Waals surface area contributed by atoms with Crippen molar-refractivity contribution in [1.29, 1.82) is 0 Å². The van der Waals surface area contributed by atoms with E-state index in [2.05, 4.69) is 27.7 Å². The summed E-state index contributed by atoms with van der Waals surface area (Å²) in [4.78, 5) is 11.2. The van der Waals surface area contributed by atoms with Crippen LogP contribution in [0.5, 0.6) is 0 Å². The summed E-state index contributed by atoms with van der Waals surface area (Å²) in [5.74, 6) is 0.968. The Kier molecular flexibility index (Phi) is 7.05. The molecule has 0 heterocycles. The molecular formula is C9H18OS2. The Hall–Kier alpha value is 0.370. The minimum atomic E-state index is 0.332. The van der Waals surface area contributed by atoms with Crippen LogP contribution in [-0.2, 0) is 4.79 Å². The largest absolute Gasteiger partial charge is 0.287 e. The zero-order valence-electron chi connectivity index (χ0n) is 8.29. The fourth-order valence-corrected chi connectivity index (χ4v) is 2.35. The molecule has 0 unspecified atom stereocenters. The molecule has 12 heavy (non-hydrogen) atoms. The molecule has 72 valence electrons. The summed E-state index contributed by atoms with van der Waals surface area (Å²) in [6.07, 6.45) is 0.714. The van der Waals surface area contributed by atoms with Gasteiger partial charge in [-0.25, -0.2) is 0 Å². The summed E-state index contributed by atoms with van der Waals surface area (Å²) >= 11 is 3.31. The smallest absolute Gasteiger partial charge is 0.190 e. The van der Waals surface area contributed by atoms with Crippen LogP contribution in [0.25, 0.3) is 0 Å². The van der Waals surface area contributed by atoms with E-state index in [9.17, 15) is 4.79 Å². The van der Waals surface area contributed by atoms with E-state index in [1.165, 1.54) is 11.8 Å². The van der Waals surface area contributed by atoms with Gasteiger partial charge in [-0.2, -0.15) is 11.8 Å². The van der Waals surface area contributed by atoms with Crippen LogP contribution in [0.2, 0.25) is 0 Å². The number of carbonyl (C=O) groups is 1. The fourth-order valence-electron chi connectivity index (χ4n) is 0.700. The average Bonchev–Trinajstić information content (AvgIpc) is 1.84. The van der Waals surface area contributed by atoms with Crippen LogP contribution in [-0.4, -0.2) is 21.4 Å². The normalized spacial score (nSPS) is 11.2. The lowest BCUT2D eigenvalue weighted by atomic mass is 10.5. The maximum atomic E-state index is 11.2. The molecule has 1 nitrogen and oxygen atoms in total. The third kappa shape index (κ3) is 8.47. The summed E-state index contributed by atoms with van der Waals surface area (Å²) in [5.41, 5.74) is 0. The number of hydrogen-bond donors (Lipinski definition) is 0. The van der Waals surface area contributed by atoms with Crippen LogP contribution < -0.4 is 0 Å². The lowest BCUT2D eigenvalue weighted by molar-refractivity contribution is -0.110. The Morgan fingerprint density at radius 2 is 1.75 bits per heavy atom. The van der Waals surface area contributed by atoms with Gasteiger partial charge >= 0.3 is 0 Å². The van der Waals surface area contributed by atoms with Gasteiger partial charge in [0.15, 0.2) is 5.12 Å². The molecule has 0 aromatic heterocycles. The van der Waals surface area contributed by atoms with Crippen molar-refractivity contribution < 1.29 is 4.79 Å². The van der Waals surface area contributed by atoms with Crippen LogP contribution in [0.3, 0.4) is 0 Å². The Morgan fingerprint density at radius 1 is 1.17 bits per heavy atom. The monoisotopic (exact) mass is 206 g/mol. The van der Waals surface area contributed by atoms with Gasteiger partial charge in [-0.1, -0.05) is 39.5 Å². The molecule has 0 bridgehead atoms. The molecule has 0 saturated carbocycles. The second-order valence-corrected chi connectivity index (χ2v) is 6.53. The highest BCUT2D eigenvalue weighted by Gasteiger charge is 2.05. The summed E-state index contributed by atoms with van der Waals surface area (Å²) in [5, 5.41) is 1.40. The third-order valence-corrected chi connectivity index (χ3v) is 3.17. The van der Waals surface area contributed by atoms with Crippen molar-refractivity contribution in [2.75, 3.05) is 5.75 Å². The van der Waals surface area contributed by atoms with Gasteiger partial charge in [0, 0.05) is 17.4 Å². The zero-order chi connectivity index (χ0) is 9.56. The van der Waals surface area contributed by atoms with Crippen LogP contribution in [0, 0.1) is 0 Å². The number of thioether (sulfide) groups is 2. The highest BCUT2D eigenvalue weighted by atomic mass is 32.2. The molecule has 0 amide bonds. The summed E-state index contributed by atoms with van der Waals surface area (Å²) in [6, 6.07) is 0. The Labute approximate surface area is 84.1 Å². The molecular weight excluding hydrogens is 188 g/mol. The van der Waals surface area contributed by atoms with E-state index in [-0.39, 0.29) is 0 Å². The van der Waals surface area contributed by atoms with Crippen LogP contribution in [0.1, 0.15) is 34.1 Å². The van der Waals surface area contributed by atoms with E-state index in [1.807, 2.05) is 11.8 Å². The van der Waals surface area contributed by atoms with E-state index < -0.39 is 0 Å². The van der Waals surface area contributed by atoms with Gasteiger partial charge in [0.05, 0.1) is 0 Å². The van der Waals surface area contributed by atoms with Gasteiger partial charge in [-0.15, -0.1) is 0 Å². The number of rotatable bonds is 5. The van der Waals surface area contributed by atoms with Crippen molar-refractivity contribution in [3.8, 4) is 0 Å². The highest BCUT2D eigenvalue weighted by Crippen LogP contribution is 2.16. The summed E-state index contributed by atoms with van der Waals surface area (Å²) in [6.45, 7) is 8.42. The molecule has 0 aliphatic rings. The predicted octanol–water partition coefficient (Wildman–Crippen LogP) is 3.19. The maximum Gasteiger partial charge on any atom is 0.190 e. The van der Waals surface area contributed by atoms with Gasteiger partial charge in [0.1, 0.15) is 0 Å². The van der Waals surface area contributed by atoms with Crippen molar-refractivity contribution in [2.45, 2.75) is 44.6 Å². The highest BCUT2D eigenvalue weighted by molar-refractivity contribution is 8.14. The second kappa shape index (κ2) is 6.84. The van der Waals surface area contributed by atoms with E-state index in [0.29, 0.717) is 22.0 Å². The van der Waals surface area contributed by atoms with Crippen molar-refractivity contribution in [3.63, 3.8) is 0 Å². The van der Waals surface area contributed by atoms with Crippen molar-refractivity contribution in [3.05, 3.63) is 0 Å². The fraction of sp³-hybridized carbons (Fsp3) is 0.889. The molecule has 0 saturated heterocycles. The van der Waals surface area contributed by atoms with E-state index in [1.54, 1.807) is 0 Å². The predicted molar refractivity (Wildman–Crippen MR) is 59.9 cm³/mol. The molecule has 0 N–H and O–H groups in total. The molecule has 0 radical (unpaired) electrons. The van der Waals surface area contributed by atoms with Gasteiger partial charge < -0.3 is 0 Å². The van der Waals surface area contributed by atoms with Gasteiger partial charge in [0.2, 0.25) is 0 Å². The van der Waals surface area contributed by atoms with Crippen molar-refractivity contribution in [2.24, 2.45) is 0 Å². The molecule has 3 heteroatoms. The summed E-state index contributed by atoms with van der Waals surface area (Å²) in [7, 11) is 0. The molecule has 0 aliphatic heterocycles. The zero-order valence-corrected chi connectivity index (χ0v) is 9.93. The van der Waals surface area contributed by atoms with Gasteiger partial charge in [-0.05, 0) is 5.25 Å². The minimum Gasteiger partial charge on any atom is -0.287 e. The molecule has 0 atom stereocenters. The summed E-state index contributed by atoms with van der Waals surface area (Å²) < 4.78 is 0. The van der Waals surface area contributed by atoms with Crippen molar-refractivity contribution in [1.82, 2.24) is 0 Å². The molecule has 0 aromatic carbocycles. The van der Waals surface area contributed by atoms with Gasteiger partial charge in [0.25, 0.3) is 0 Å². The lowest BCUT2D eigenvalue weighted by Crippen LogP contribution is -2.00. The van der Waals surface area contributed by atoms with E-state index in [0.717, 1.165) is 5.75 Å². The Bertz CT molecular complexity index is 132. The van der Waals surface area contributed by atoms with Crippen LogP contribution >= 0.6 is 23.5 Å².